The Kier molecular flexibility index (Phi) is 5.79. The van der Waals surface area contributed by atoms with Gasteiger partial charge >= 0.3 is 0 Å². The lowest BCUT2D eigenvalue weighted by Crippen LogP contribution is -2.72. The van der Waals surface area contributed by atoms with Crippen LogP contribution in [0.15, 0.2) is 12.1 Å². The Labute approximate surface area is 185 Å². The van der Waals surface area contributed by atoms with E-state index in [2.05, 4.69) is 5.32 Å². The van der Waals surface area contributed by atoms with Gasteiger partial charge in [-0.15, -0.1) is 0 Å². The number of benzene rings is 1. The lowest BCUT2D eigenvalue weighted by Gasteiger charge is -2.51. The molecule has 2 bridgehead atoms. The number of ether oxygens (including phenoxy) is 3. The molecule has 1 aromatic rings. The van der Waals surface area contributed by atoms with Gasteiger partial charge in [-0.05, 0) is 56.6 Å². The van der Waals surface area contributed by atoms with Crippen LogP contribution in [0.25, 0.3) is 0 Å². The molecule has 7 nitrogen and oxygen atoms in total. The van der Waals surface area contributed by atoms with Crippen LogP contribution in [-0.2, 0) is 19.1 Å². The van der Waals surface area contributed by atoms with E-state index in [1.807, 2.05) is 0 Å². The molecule has 0 radical (unpaired) electrons. The first kappa shape index (κ1) is 21.6. The van der Waals surface area contributed by atoms with Gasteiger partial charge in [-0.25, -0.2) is 8.78 Å². The number of halogens is 2. The van der Waals surface area contributed by atoms with Crippen LogP contribution >= 0.6 is 0 Å². The van der Waals surface area contributed by atoms with Crippen molar-refractivity contribution < 1.29 is 32.6 Å². The van der Waals surface area contributed by atoms with Gasteiger partial charge in [-0.3, -0.25) is 9.59 Å². The highest BCUT2D eigenvalue weighted by Crippen LogP contribution is 2.42. The van der Waals surface area contributed by atoms with E-state index in [-0.39, 0.29) is 48.4 Å². The van der Waals surface area contributed by atoms with Gasteiger partial charge in [0, 0.05) is 12.1 Å². The zero-order chi connectivity index (χ0) is 22.3. The molecule has 1 aromatic carbocycles. The molecule has 6 rings (SSSR count). The lowest BCUT2D eigenvalue weighted by atomic mass is 9.80. The third kappa shape index (κ3) is 3.85. The molecule has 5 aliphatic rings. The second kappa shape index (κ2) is 8.59. The number of carbonyl (C=O) groups is 2. The van der Waals surface area contributed by atoms with E-state index in [1.165, 1.54) is 0 Å². The maximum Gasteiger partial charge on any atom is 0.260 e. The Morgan fingerprint density at radius 2 is 1.84 bits per heavy atom. The maximum atomic E-state index is 14.7. The predicted octanol–water partition coefficient (Wildman–Crippen LogP) is 2.28. The van der Waals surface area contributed by atoms with E-state index in [1.54, 1.807) is 4.90 Å². The van der Waals surface area contributed by atoms with Crippen molar-refractivity contribution in [1.29, 1.82) is 0 Å². The van der Waals surface area contributed by atoms with Crippen molar-refractivity contribution >= 4 is 11.8 Å². The van der Waals surface area contributed by atoms with Crippen molar-refractivity contribution in [3.05, 3.63) is 29.3 Å². The van der Waals surface area contributed by atoms with Crippen molar-refractivity contribution in [2.75, 3.05) is 33.0 Å². The zero-order valence-electron chi connectivity index (χ0n) is 17.9. The molecule has 0 unspecified atom stereocenters. The van der Waals surface area contributed by atoms with Crippen LogP contribution in [0, 0.1) is 11.6 Å². The summed E-state index contributed by atoms with van der Waals surface area (Å²) in [6.45, 7) is 0.621. The summed E-state index contributed by atoms with van der Waals surface area (Å²) in [5.74, 6) is -2.08. The van der Waals surface area contributed by atoms with Crippen LogP contribution in [0.5, 0.6) is 5.75 Å². The predicted molar refractivity (Wildman–Crippen MR) is 109 cm³/mol. The molecule has 174 valence electrons. The number of hydrogen-bond donors (Lipinski definition) is 1. The molecular weight excluding hydrogens is 422 g/mol. The van der Waals surface area contributed by atoms with Gasteiger partial charge in [0.15, 0.2) is 18.2 Å². The lowest BCUT2D eigenvalue weighted by molar-refractivity contribution is -0.156. The standard InChI is InChI=1S/C23H28F2N2O5/c24-16-6-7-17(25)22-21(16)14-2-4-15(5-3-14)31-10-18-23(13-30-11-19(28)26-23)8-1-9-27(18)20(29)12-32-22/h6-7,14-15,18H,1-5,8-13H2,(H,26,28)/t14-,15+,18-,23+/m0/s1. The molecule has 4 heterocycles. The summed E-state index contributed by atoms with van der Waals surface area (Å²) in [7, 11) is 0. The average molecular weight is 450 g/mol. The molecule has 2 saturated heterocycles. The number of carbonyl (C=O) groups excluding carboxylic acids is 2. The highest BCUT2D eigenvalue weighted by molar-refractivity contribution is 5.81. The first-order chi connectivity index (χ1) is 15.5. The van der Waals surface area contributed by atoms with Crippen LogP contribution < -0.4 is 10.1 Å². The van der Waals surface area contributed by atoms with Crippen LogP contribution in [0.1, 0.15) is 50.0 Å². The van der Waals surface area contributed by atoms with Gasteiger partial charge < -0.3 is 24.4 Å². The summed E-state index contributed by atoms with van der Waals surface area (Å²) < 4.78 is 46.9. The Bertz CT molecular complexity index is 901. The summed E-state index contributed by atoms with van der Waals surface area (Å²) in [6, 6.07) is 1.74. The fourth-order valence-electron chi connectivity index (χ4n) is 5.76. The van der Waals surface area contributed by atoms with Crippen molar-refractivity contribution in [2.45, 2.75) is 62.1 Å². The number of morpholine rings is 1. The smallest absolute Gasteiger partial charge is 0.260 e. The molecule has 3 fully saturated rings. The molecule has 1 aliphatic carbocycles. The van der Waals surface area contributed by atoms with Crippen LogP contribution in [0.4, 0.5) is 8.78 Å². The third-order valence-corrected chi connectivity index (χ3v) is 7.34. The van der Waals surface area contributed by atoms with Crippen LogP contribution in [-0.4, -0.2) is 67.4 Å². The van der Waals surface area contributed by atoms with Crippen molar-refractivity contribution in [2.24, 2.45) is 0 Å². The molecular formula is C23H28F2N2O5. The molecule has 0 aromatic heterocycles. The molecule has 1 N–H and O–H groups in total. The molecule has 2 amide bonds. The van der Waals surface area contributed by atoms with Crippen molar-refractivity contribution in [1.82, 2.24) is 10.2 Å². The topological polar surface area (TPSA) is 77.1 Å². The van der Waals surface area contributed by atoms with Crippen molar-refractivity contribution in [3.63, 3.8) is 0 Å². The van der Waals surface area contributed by atoms with Gasteiger partial charge in [0.1, 0.15) is 12.4 Å². The first-order valence-corrected chi connectivity index (χ1v) is 11.4. The number of fused-ring (bicyclic) bond motifs is 5. The van der Waals surface area contributed by atoms with E-state index in [9.17, 15) is 18.4 Å². The molecule has 1 spiro atoms. The highest BCUT2D eigenvalue weighted by Gasteiger charge is 2.50. The normalized spacial score (nSPS) is 33.3. The largest absolute Gasteiger partial charge is 0.480 e. The summed E-state index contributed by atoms with van der Waals surface area (Å²) in [4.78, 5) is 27.0. The molecule has 1 saturated carbocycles. The number of hydrogen-bond acceptors (Lipinski definition) is 5. The van der Waals surface area contributed by atoms with E-state index < -0.39 is 29.8 Å². The van der Waals surface area contributed by atoms with Crippen LogP contribution in [0.3, 0.4) is 0 Å². The molecule has 2 atom stereocenters. The Morgan fingerprint density at radius 1 is 1.06 bits per heavy atom. The SMILES string of the molecule is O=C1COC[C@@]2(CCCN3C(=O)COc4c(F)ccc(F)c4[C@H]4CC[C@H](CC4)OC[C@H]32)N1. The zero-order valence-corrected chi connectivity index (χ0v) is 17.9. The number of rotatable bonds is 0. The Morgan fingerprint density at radius 3 is 2.62 bits per heavy atom. The molecule has 4 aliphatic heterocycles. The quantitative estimate of drug-likeness (QED) is 0.656. The second-order valence-corrected chi connectivity index (χ2v) is 9.27. The Hall–Kier alpha value is -2.26. The third-order valence-electron chi connectivity index (χ3n) is 7.34. The van der Waals surface area contributed by atoms with E-state index >= 15 is 0 Å². The summed E-state index contributed by atoms with van der Waals surface area (Å²) in [5, 5.41) is 3.06. The van der Waals surface area contributed by atoms with E-state index in [0.717, 1.165) is 12.1 Å². The van der Waals surface area contributed by atoms with Gasteiger partial charge in [-0.1, -0.05) is 0 Å². The highest BCUT2D eigenvalue weighted by atomic mass is 19.1. The Balaban J connectivity index is 1.49. The fraction of sp³-hybridized carbons (Fsp3) is 0.652. The van der Waals surface area contributed by atoms with Gasteiger partial charge in [-0.2, -0.15) is 0 Å². The van der Waals surface area contributed by atoms with E-state index in [4.69, 9.17) is 14.2 Å². The van der Waals surface area contributed by atoms with Gasteiger partial charge in [0.05, 0.1) is 30.9 Å². The summed E-state index contributed by atoms with van der Waals surface area (Å²) >= 11 is 0. The fourth-order valence-corrected chi connectivity index (χ4v) is 5.76. The number of nitrogens with one attached hydrogen (secondary N) is 1. The minimum Gasteiger partial charge on any atom is -0.480 e. The summed E-state index contributed by atoms with van der Waals surface area (Å²) in [6.07, 6.45) is 4.02. The molecule has 9 heteroatoms. The minimum absolute atomic E-state index is 0.00196. The number of nitrogens with zero attached hydrogens (tertiary/aromatic N) is 1. The van der Waals surface area contributed by atoms with Gasteiger partial charge in [0.2, 0.25) is 5.91 Å². The minimum atomic E-state index is -0.726. The van der Waals surface area contributed by atoms with E-state index in [0.29, 0.717) is 51.7 Å². The monoisotopic (exact) mass is 450 g/mol. The first-order valence-electron chi connectivity index (χ1n) is 11.4. The van der Waals surface area contributed by atoms with Crippen LogP contribution in [0.2, 0.25) is 0 Å². The molecule has 32 heavy (non-hydrogen) atoms. The number of amides is 2. The summed E-state index contributed by atoms with van der Waals surface area (Å²) in [5.41, 5.74) is -0.509. The average Bonchev–Trinajstić information content (AvgIpc) is 2.80. The maximum absolute atomic E-state index is 14.7. The second-order valence-electron chi connectivity index (χ2n) is 9.27. The van der Waals surface area contributed by atoms with Crippen molar-refractivity contribution in [3.8, 4) is 5.75 Å². The van der Waals surface area contributed by atoms with Gasteiger partial charge in [0.25, 0.3) is 5.91 Å². The number of piperidine rings is 1.